The molecular weight excluding hydrogens is 254 g/mol. The second-order valence-electron chi connectivity index (χ2n) is 4.03. The molecule has 0 amide bonds. The molecule has 3 N–H and O–H groups in total. The lowest BCUT2D eigenvalue weighted by molar-refractivity contribution is -0.169. The van der Waals surface area contributed by atoms with Crippen molar-refractivity contribution >= 4 is 8.80 Å². The van der Waals surface area contributed by atoms with Crippen molar-refractivity contribution in [2.45, 2.75) is 46.1 Å². The standard InChI is InChI=1S/C11H27NO5Si/c1-5-15-18(16-6-2,17-7-3)10-8-9-12-11(4,13)14/h12-14H,5-10H2,1-4H3. The quantitative estimate of drug-likeness (QED) is 0.293. The predicted octanol–water partition coefficient (Wildman–Crippen LogP) is 0.673. The lowest BCUT2D eigenvalue weighted by Crippen LogP contribution is -2.47. The van der Waals surface area contributed by atoms with Crippen LogP contribution in [0, 0.1) is 0 Å². The molecule has 7 heteroatoms. The normalized spacial score (nSPS) is 13.0. The minimum Gasteiger partial charge on any atom is -0.374 e. The van der Waals surface area contributed by atoms with Crippen LogP contribution in [0.2, 0.25) is 6.04 Å². The highest BCUT2D eigenvalue weighted by Crippen LogP contribution is 2.17. The molecule has 0 saturated heterocycles. The Morgan fingerprint density at radius 3 is 1.78 bits per heavy atom. The van der Waals surface area contributed by atoms with Crippen molar-refractivity contribution in [3.8, 4) is 0 Å². The Balaban J connectivity index is 4.21. The Labute approximate surface area is 111 Å². The van der Waals surface area contributed by atoms with E-state index in [2.05, 4.69) is 5.32 Å². The average Bonchev–Trinajstić information content (AvgIpc) is 2.24. The largest absolute Gasteiger partial charge is 0.500 e. The van der Waals surface area contributed by atoms with Crippen molar-refractivity contribution in [3.05, 3.63) is 0 Å². The van der Waals surface area contributed by atoms with Crippen LogP contribution in [0.15, 0.2) is 0 Å². The van der Waals surface area contributed by atoms with Crippen LogP contribution >= 0.6 is 0 Å². The van der Waals surface area contributed by atoms with Gasteiger partial charge in [-0.1, -0.05) is 0 Å². The third-order valence-corrected chi connectivity index (χ3v) is 5.36. The first-order valence-corrected chi connectivity index (χ1v) is 8.44. The summed E-state index contributed by atoms with van der Waals surface area (Å²) in [4.78, 5) is 0. The number of aliphatic hydroxyl groups is 2. The highest BCUT2D eigenvalue weighted by molar-refractivity contribution is 6.60. The van der Waals surface area contributed by atoms with Crippen molar-refractivity contribution in [3.63, 3.8) is 0 Å². The molecule has 0 aromatic heterocycles. The minimum atomic E-state index is -2.60. The van der Waals surface area contributed by atoms with Gasteiger partial charge in [-0.05, 0) is 33.7 Å². The molecule has 0 radical (unpaired) electrons. The van der Waals surface area contributed by atoms with Gasteiger partial charge in [0.1, 0.15) is 0 Å². The molecule has 0 aromatic carbocycles. The molecule has 0 aliphatic rings. The summed E-state index contributed by atoms with van der Waals surface area (Å²) in [5, 5.41) is 20.8. The monoisotopic (exact) mass is 281 g/mol. The van der Waals surface area contributed by atoms with Crippen molar-refractivity contribution < 1.29 is 23.5 Å². The van der Waals surface area contributed by atoms with Gasteiger partial charge in [0.05, 0.1) is 0 Å². The van der Waals surface area contributed by atoms with Crippen molar-refractivity contribution in [2.24, 2.45) is 0 Å². The summed E-state index contributed by atoms with van der Waals surface area (Å²) < 4.78 is 17.1. The third-order valence-electron chi connectivity index (χ3n) is 2.21. The fourth-order valence-corrected chi connectivity index (χ4v) is 4.24. The van der Waals surface area contributed by atoms with Crippen LogP contribution in [0.1, 0.15) is 34.1 Å². The van der Waals surface area contributed by atoms with Gasteiger partial charge in [-0.15, -0.1) is 0 Å². The van der Waals surface area contributed by atoms with Crippen molar-refractivity contribution in [1.29, 1.82) is 0 Å². The molecule has 0 atom stereocenters. The van der Waals surface area contributed by atoms with Gasteiger partial charge in [0.25, 0.3) is 0 Å². The summed E-state index contributed by atoms with van der Waals surface area (Å²) in [5.41, 5.74) is 0. The van der Waals surface area contributed by atoms with E-state index < -0.39 is 14.7 Å². The molecule has 0 saturated carbocycles. The molecule has 0 spiro atoms. The molecule has 0 heterocycles. The second kappa shape index (κ2) is 8.97. The summed E-state index contributed by atoms with van der Waals surface area (Å²) >= 11 is 0. The molecule has 0 bridgehead atoms. The summed E-state index contributed by atoms with van der Waals surface area (Å²) in [6.07, 6.45) is 0.697. The Kier molecular flexibility index (Phi) is 8.96. The van der Waals surface area contributed by atoms with Crippen LogP contribution in [0.3, 0.4) is 0 Å². The van der Waals surface area contributed by atoms with Crippen LogP contribution in [0.25, 0.3) is 0 Å². The minimum absolute atomic E-state index is 0.464. The molecule has 110 valence electrons. The van der Waals surface area contributed by atoms with Crippen LogP contribution in [0.4, 0.5) is 0 Å². The van der Waals surface area contributed by atoms with Gasteiger partial charge < -0.3 is 23.5 Å². The van der Waals surface area contributed by atoms with Gasteiger partial charge in [0.2, 0.25) is 5.91 Å². The third kappa shape index (κ3) is 8.14. The highest BCUT2D eigenvalue weighted by Gasteiger charge is 2.39. The molecular formula is C11H27NO5Si. The fourth-order valence-electron chi connectivity index (χ4n) is 1.63. The molecule has 6 nitrogen and oxygen atoms in total. The molecule has 0 aliphatic heterocycles. The Hall–Kier alpha value is -0.0231. The number of nitrogens with one attached hydrogen (secondary N) is 1. The van der Waals surface area contributed by atoms with E-state index in [9.17, 15) is 0 Å². The van der Waals surface area contributed by atoms with E-state index in [0.29, 0.717) is 38.8 Å². The summed E-state index contributed by atoms with van der Waals surface area (Å²) in [6, 6.07) is 0.658. The summed E-state index contributed by atoms with van der Waals surface area (Å²) in [5.74, 6) is -1.84. The lowest BCUT2D eigenvalue weighted by atomic mass is 10.4. The average molecular weight is 281 g/mol. The first-order valence-electron chi connectivity index (χ1n) is 6.50. The van der Waals surface area contributed by atoms with Gasteiger partial charge in [-0.3, -0.25) is 5.32 Å². The van der Waals surface area contributed by atoms with E-state index in [4.69, 9.17) is 23.5 Å². The lowest BCUT2D eigenvalue weighted by Gasteiger charge is -2.28. The van der Waals surface area contributed by atoms with Gasteiger partial charge in [0, 0.05) is 32.8 Å². The summed E-state index contributed by atoms with van der Waals surface area (Å²) in [7, 11) is -2.60. The number of hydrogen-bond acceptors (Lipinski definition) is 6. The van der Waals surface area contributed by atoms with E-state index in [1.54, 1.807) is 0 Å². The molecule has 0 aromatic rings. The number of hydrogen-bond donors (Lipinski definition) is 3. The molecule has 0 fully saturated rings. The summed E-state index contributed by atoms with van der Waals surface area (Å²) in [6.45, 7) is 9.15. The Bertz CT molecular complexity index is 193. The predicted molar refractivity (Wildman–Crippen MR) is 70.9 cm³/mol. The van der Waals surface area contributed by atoms with Crippen LogP contribution < -0.4 is 5.32 Å². The van der Waals surface area contributed by atoms with Crippen LogP contribution in [-0.4, -0.2) is 51.3 Å². The highest BCUT2D eigenvalue weighted by atomic mass is 28.4. The van der Waals surface area contributed by atoms with Gasteiger partial charge in [-0.2, -0.15) is 0 Å². The van der Waals surface area contributed by atoms with Gasteiger partial charge in [0.15, 0.2) is 0 Å². The van der Waals surface area contributed by atoms with E-state index in [0.717, 1.165) is 0 Å². The maximum atomic E-state index is 9.12. The van der Waals surface area contributed by atoms with Crippen molar-refractivity contribution in [1.82, 2.24) is 5.32 Å². The smallest absolute Gasteiger partial charge is 0.374 e. The van der Waals surface area contributed by atoms with Crippen LogP contribution in [0.5, 0.6) is 0 Å². The Morgan fingerprint density at radius 2 is 1.44 bits per heavy atom. The molecule has 0 rings (SSSR count). The topological polar surface area (TPSA) is 80.2 Å². The zero-order valence-corrected chi connectivity index (χ0v) is 12.9. The molecule has 0 unspecified atom stereocenters. The number of rotatable bonds is 11. The first kappa shape index (κ1) is 18.0. The maximum Gasteiger partial charge on any atom is 0.500 e. The van der Waals surface area contributed by atoms with Gasteiger partial charge in [-0.25, -0.2) is 0 Å². The second-order valence-corrected chi connectivity index (χ2v) is 6.77. The van der Waals surface area contributed by atoms with E-state index in [1.165, 1.54) is 6.92 Å². The zero-order valence-electron chi connectivity index (χ0n) is 11.9. The fraction of sp³-hybridized carbons (Fsp3) is 1.00. The molecule has 18 heavy (non-hydrogen) atoms. The molecule has 0 aliphatic carbocycles. The van der Waals surface area contributed by atoms with Gasteiger partial charge >= 0.3 is 8.80 Å². The van der Waals surface area contributed by atoms with E-state index in [-0.39, 0.29) is 0 Å². The maximum absolute atomic E-state index is 9.12. The zero-order chi connectivity index (χ0) is 14.1. The van der Waals surface area contributed by atoms with E-state index >= 15 is 0 Å². The van der Waals surface area contributed by atoms with Crippen LogP contribution in [-0.2, 0) is 13.3 Å². The SMILES string of the molecule is CCO[Si](CCCNC(C)(O)O)(OCC)OCC. The Morgan fingerprint density at radius 1 is 1.00 bits per heavy atom. The first-order chi connectivity index (χ1) is 8.39. The van der Waals surface area contributed by atoms with E-state index in [1.807, 2.05) is 20.8 Å². The van der Waals surface area contributed by atoms with Crippen molar-refractivity contribution in [2.75, 3.05) is 26.4 Å².